The third-order valence-electron chi connectivity index (χ3n) is 5.95. The normalized spacial score (nSPS) is 11.6. The number of non-ortho nitro benzene ring substituents is 2. The molecule has 1 aromatic heterocycles. The molecule has 0 amide bonds. The molecule has 218 valence electrons. The van der Waals surface area contributed by atoms with Crippen molar-refractivity contribution in [3.05, 3.63) is 117 Å². The second kappa shape index (κ2) is 11.4. The predicted octanol–water partition coefficient (Wildman–Crippen LogP) is 5.24. The Balaban J connectivity index is 1.57. The molecule has 0 saturated carbocycles. The minimum atomic E-state index is -4.59. The van der Waals surface area contributed by atoms with E-state index in [1.807, 2.05) is 0 Å². The Morgan fingerprint density at radius 2 is 1.47 bits per heavy atom. The van der Waals surface area contributed by atoms with E-state index >= 15 is 0 Å². The van der Waals surface area contributed by atoms with Crippen LogP contribution in [0.15, 0.2) is 107 Å². The van der Waals surface area contributed by atoms with E-state index in [1.165, 1.54) is 72.8 Å². The first-order valence-electron chi connectivity index (χ1n) is 11.9. The highest BCUT2D eigenvalue weighted by Crippen LogP contribution is 2.36. The monoisotopic (exact) mass is 655 g/mol. The summed E-state index contributed by atoms with van der Waals surface area (Å²) in [5, 5.41) is 22.1. The Hall–Kier alpha value is -4.84. The van der Waals surface area contributed by atoms with Crippen molar-refractivity contribution >= 4 is 76.0 Å². The topological polar surface area (TPSA) is 183 Å². The summed E-state index contributed by atoms with van der Waals surface area (Å²) >= 11 is 6.35. The van der Waals surface area contributed by atoms with Gasteiger partial charge in [0.05, 0.1) is 35.5 Å². The molecule has 0 unspecified atom stereocenters. The minimum Gasteiger partial charge on any atom is -0.258 e. The van der Waals surface area contributed by atoms with Gasteiger partial charge in [-0.15, -0.1) is 11.3 Å². The number of nitro benzene ring substituents is 2. The van der Waals surface area contributed by atoms with Gasteiger partial charge in [-0.3, -0.25) is 25.0 Å². The van der Waals surface area contributed by atoms with Gasteiger partial charge in [-0.2, -0.15) is 0 Å². The Morgan fingerprint density at radius 3 is 2.16 bits per heavy atom. The maximum Gasteiger partial charge on any atom is 0.271 e. The van der Waals surface area contributed by atoms with E-state index < -0.39 is 40.7 Å². The third-order valence-corrected chi connectivity index (χ3v) is 10.7. The second-order valence-electron chi connectivity index (χ2n) is 8.69. The van der Waals surface area contributed by atoms with Crippen LogP contribution in [0.3, 0.4) is 0 Å². The summed E-state index contributed by atoms with van der Waals surface area (Å²) in [6.45, 7) is 0. The smallest absolute Gasteiger partial charge is 0.258 e. The number of sulfonamides is 2. The summed E-state index contributed by atoms with van der Waals surface area (Å²) in [4.78, 5) is 25.2. The molecule has 1 N–H and O–H groups in total. The van der Waals surface area contributed by atoms with E-state index in [4.69, 9.17) is 12.2 Å². The molecule has 43 heavy (non-hydrogen) atoms. The highest BCUT2D eigenvalue weighted by Gasteiger charge is 2.33. The SMILES string of the molecule is O=[N+]([O-])c1cccc(N(C(=S)NS(=O)(=O)c2ccccc2-c2nc3ccc([N+](=O)[O-])cc3s2)S(=O)(=O)c2ccccc2)c1. The fraction of sp³-hybridized carbons (Fsp3) is 0. The van der Waals surface area contributed by atoms with Gasteiger partial charge in [-0.05, 0) is 42.5 Å². The van der Waals surface area contributed by atoms with Crippen LogP contribution in [0.1, 0.15) is 0 Å². The molecule has 0 spiro atoms. The second-order valence-corrected chi connectivity index (χ2v) is 13.5. The van der Waals surface area contributed by atoms with Crippen molar-refractivity contribution in [3.8, 4) is 10.6 Å². The number of nitro groups is 2. The molecule has 1 heterocycles. The zero-order valence-electron chi connectivity index (χ0n) is 21.4. The number of rotatable bonds is 8. The highest BCUT2D eigenvalue weighted by atomic mass is 32.2. The van der Waals surface area contributed by atoms with Crippen molar-refractivity contribution in [1.82, 2.24) is 9.71 Å². The van der Waals surface area contributed by atoms with Crippen molar-refractivity contribution in [2.24, 2.45) is 0 Å². The molecule has 0 saturated heterocycles. The highest BCUT2D eigenvalue weighted by molar-refractivity contribution is 7.97. The van der Waals surface area contributed by atoms with E-state index in [0.717, 1.165) is 23.5 Å². The van der Waals surface area contributed by atoms with Crippen molar-refractivity contribution < 1.29 is 26.7 Å². The number of benzene rings is 4. The summed E-state index contributed by atoms with van der Waals surface area (Å²) in [6, 6.07) is 21.4. The van der Waals surface area contributed by atoms with Crippen LogP contribution in [-0.2, 0) is 20.0 Å². The van der Waals surface area contributed by atoms with Gasteiger partial charge in [-0.1, -0.05) is 42.5 Å². The first kappa shape index (κ1) is 29.6. The van der Waals surface area contributed by atoms with Crippen LogP contribution >= 0.6 is 23.6 Å². The number of nitrogens with zero attached hydrogens (tertiary/aromatic N) is 4. The number of hydrogen-bond donors (Lipinski definition) is 1. The average Bonchev–Trinajstić information content (AvgIpc) is 3.41. The van der Waals surface area contributed by atoms with Crippen LogP contribution in [0.2, 0.25) is 0 Å². The number of aromatic nitrogens is 1. The van der Waals surface area contributed by atoms with Crippen LogP contribution in [0.25, 0.3) is 20.8 Å². The Labute approximate surface area is 253 Å². The largest absolute Gasteiger partial charge is 0.271 e. The van der Waals surface area contributed by atoms with Gasteiger partial charge >= 0.3 is 0 Å². The average molecular weight is 656 g/mol. The summed E-state index contributed by atoms with van der Waals surface area (Å²) in [6.07, 6.45) is 0. The molecule has 13 nitrogen and oxygen atoms in total. The van der Waals surface area contributed by atoms with Gasteiger partial charge in [0.15, 0.2) is 0 Å². The summed E-state index contributed by atoms with van der Waals surface area (Å²) in [5.74, 6) is 0. The lowest BCUT2D eigenvalue weighted by Crippen LogP contribution is -2.46. The number of thiocarbonyl (C=S) groups is 1. The van der Waals surface area contributed by atoms with E-state index in [9.17, 15) is 37.1 Å². The van der Waals surface area contributed by atoms with Gasteiger partial charge in [0.25, 0.3) is 31.4 Å². The molecule has 0 radical (unpaired) electrons. The number of hydrogen-bond acceptors (Lipinski definition) is 11. The summed E-state index contributed by atoms with van der Waals surface area (Å²) in [7, 11) is -9.16. The van der Waals surface area contributed by atoms with Crippen LogP contribution in [0, 0.1) is 20.2 Å². The lowest BCUT2D eigenvalue weighted by atomic mass is 10.2. The zero-order chi connectivity index (χ0) is 30.9. The first-order chi connectivity index (χ1) is 20.4. The van der Waals surface area contributed by atoms with E-state index in [-0.39, 0.29) is 31.7 Å². The lowest BCUT2D eigenvalue weighted by molar-refractivity contribution is -0.384. The maximum absolute atomic E-state index is 13.7. The van der Waals surface area contributed by atoms with Crippen LogP contribution in [0.4, 0.5) is 17.1 Å². The van der Waals surface area contributed by atoms with Crippen molar-refractivity contribution in [3.63, 3.8) is 0 Å². The zero-order valence-corrected chi connectivity index (χ0v) is 24.7. The van der Waals surface area contributed by atoms with Gasteiger partial charge < -0.3 is 0 Å². The standard InChI is InChI=1S/C26H17N5O8S4/c32-30(33)18-8-6-7-17(15-18)29(43(38,39)20-9-2-1-3-10-20)26(40)28-42(36,37)24-12-5-4-11-21(24)25-27-22-14-13-19(31(34)35)16-23(22)41-25/h1-16H,(H,28,40). The van der Waals surface area contributed by atoms with Crippen LogP contribution in [-0.4, -0.2) is 36.8 Å². The quantitative estimate of drug-likeness (QED) is 0.132. The van der Waals surface area contributed by atoms with Crippen LogP contribution in [0.5, 0.6) is 0 Å². The van der Waals surface area contributed by atoms with Gasteiger partial charge in [0, 0.05) is 29.8 Å². The number of nitrogens with one attached hydrogen (secondary N) is 1. The van der Waals surface area contributed by atoms with E-state index in [2.05, 4.69) is 9.71 Å². The first-order valence-corrected chi connectivity index (χ1v) is 16.1. The molecule has 0 aliphatic heterocycles. The Morgan fingerprint density at radius 1 is 0.814 bits per heavy atom. The molecule has 0 aliphatic rings. The number of thiazole rings is 1. The molecule has 0 bridgehead atoms. The minimum absolute atomic E-state index is 0.134. The fourth-order valence-corrected chi connectivity index (χ4v) is 8.43. The van der Waals surface area contributed by atoms with Crippen molar-refractivity contribution in [2.45, 2.75) is 9.79 Å². The molecule has 0 atom stereocenters. The number of fused-ring (bicyclic) bond motifs is 1. The van der Waals surface area contributed by atoms with Crippen molar-refractivity contribution in [2.75, 3.05) is 4.31 Å². The molecule has 0 fully saturated rings. The van der Waals surface area contributed by atoms with Gasteiger partial charge in [-0.25, -0.2) is 26.1 Å². The number of anilines is 1. The molecule has 17 heteroatoms. The molecule has 5 rings (SSSR count). The van der Waals surface area contributed by atoms with Crippen molar-refractivity contribution in [1.29, 1.82) is 0 Å². The van der Waals surface area contributed by atoms with Gasteiger partial charge in [0.1, 0.15) is 5.01 Å². The molecular formula is C26H17N5O8S4. The third kappa shape index (κ3) is 5.91. The summed E-state index contributed by atoms with van der Waals surface area (Å²) in [5.41, 5.74) is -0.331. The Bertz CT molecular complexity index is 2140. The lowest BCUT2D eigenvalue weighted by Gasteiger charge is -2.25. The van der Waals surface area contributed by atoms with Gasteiger partial charge in [0.2, 0.25) is 5.11 Å². The molecule has 5 aromatic rings. The molecule has 0 aliphatic carbocycles. The molecular weight excluding hydrogens is 639 g/mol. The maximum atomic E-state index is 13.7. The van der Waals surface area contributed by atoms with E-state index in [0.29, 0.717) is 14.5 Å². The molecule has 4 aromatic carbocycles. The fourth-order valence-electron chi connectivity index (χ4n) is 4.03. The summed E-state index contributed by atoms with van der Waals surface area (Å²) < 4.78 is 58.0. The Kier molecular flexibility index (Phi) is 7.89. The van der Waals surface area contributed by atoms with E-state index in [1.54, 1.807) is 12.1 Å². The van der Waals surface area contributed by atoms with Crippen LogP contribution < -0.4 is 9.03 Å². The predicted molar refractivity (Wildman–Crippen MR) is 164 cm³/mol.